The molecule has 0 radical (unpaired) electrons. The molecule has 0 aromatic heterocycles. The van der Waals surface area contributed by atoms with E-state index in [0.29, 0.717) is 26.2 Å². The highest BCUT2D eigenvalue weighted by atomic mass is 16.5. The third kappa shape index (κ3) is 8.03. The van der Waals surface area contributed by atoms with Crippen molar-refractivity contribution in [3.05, 3.63) is 12.2 Å². The summed E-state index contributed by atoms with van der Waals surface area (Å²) in [6.45, 7) is 11.1. The predicted molar refractivity (Wildman–Crippen MR) is 102 cm³/mol. The summed E-state index contributed by atoms with van der Waals surface area (Å²) in [4.78, 5) is 47.4. The van der Waals surface area contributed by atoms with E-state index in [1.807, 2.05) is 27.7 Å². The lowest BCUT2D eigenvalue weighted by Crippen LogP contribution is -2.39. The first-order valence-corrected chi connectivity index (χ1v) is 9.35. The molecule has 7 nitrogen and oxygen atoms in total. The number of rotatable bonds is 12. The maximum atomic E-state index is 12.0. The summed E-state index contributed by atoms with van der Waals surface area (Å²) in [7, 11) is 0. The molecule has 0 aromatic rings. The Hall–Kier alpha value is -2.02. The van der Waals surface area contributed by atoms with E-state index in [0.717, 1.165) is 11.3 Å². The first-order chi connectivity index (χ1) is 12.5. The average molecular weight is 380 g/mol. The van der Waals surface area contributed by atoms with Crippen LogP contribution in [-0.4, -0.2) is 54.7 Å². The molecule has 1 aliphatic rings. The Morgan fingerprint density at radius 1 is 1.11 bits per heavy atom. The lowest BCUT2D eigenvalue weighted by atomic mass is 9.83. The molecule has 3 amide bonds. The molecular weight excluding hydrogens is 348 g/mol. The van der Waals surface area contributed by atoms with Crippen molar-refractivity contribution in [2.45, 2.75) is 53.9 Å². The van der Waals surface area contributed by atoms with Crippen LogP contribution >= 0.6 is 0 Å². The van der Waals surface area contributed by atoms with Gasteiger partial charge in [0.2, 0.25) is 5.91 Å². The molecule has 0 bridgehead atoms. The lowest BCUT2D eigenvalue weighted by Gasteiger charge is -2.30. The molecule has 1 atom stereocenters. The Balaban J connectivity index is 2.33. The number of hydrogen-bond acceptors (Lipinski definition) is 5. The summed E-state index contributed by atoms with van der Waals surface area (Å²) < 4.78 is 5.85. The van der Waals surface area contributed by atoms with Crippen molar-refractivity contribution in [1.82, 2.24) is 10.2 Å². The number of Topliss-reactive ketones (excluding diaryl/α,β-unsaturated/α-hetero) is 1. The van der Waals surface area contributed by atoms with Gasteiger partial charge in [0.25, 0.3) is 11.8 Å². The first-order valence-electron chi connectivity index (χ1n) is 9.35. The van der Waals surface area contributed by atoms with Crippen LogP contribution in [-0.2, 0) is 23.9 Å². The van der Waals surface area contributed by atoms with Gasteiger partial charge in [0.1, 0.15) is 5.78 Å². The standard InChI is InChI=1S/C20H32N2O5/c1-6-20(5,11-15(2)23)14-27-13-19(3,4)12-21-16(24)9-10-22-17(25)7-8-18(22)26/h7-8H,6,9-14H2,1-5H3,(H,21,24). The van der Waals surface area contributed by atoms with Crippen molar-refractivity contribution in [1.29, 1.82) is 0 Å². The van der Waals surface area contributed by atoms with E-state index in [9.17, 15) is 19.2 Å². The molecule has 27 heavy (non-hydrogen) atoms. The minimum atomic E-state index is -0.383. The fraction of sp³-hybridized carbons (Fsp3) is 0.700. The molecule has 1 rings (SSSR count). The van der Waals surface area contributed by atoms with Crippen molar-refractivity contribution in [2.24, 2.45) is 10.8 Å². The van der Waals surface area contributed by atoms with Crippen LogP contribution < -0.4 is 5.32 Å². The average Bonchev–Trinajstić information content (AvgIpc) is 2.88. The highest BCUT2D eigenvalue weighted by Crippen LogP contribution is 2.27. The summed E-state index contributed by atoms with van der Waals surface area (Å²) in [5.74, 6) is -0.831. The van der Waals surface area contributed by atoms with E-state index in [4.69, 9.17) is 4.74 Å². The zero-order chi connectivity index (χ0) is 20.7. The van der Waals surface area contributed by atoms with Crippen molar-refractivity contribution in [2.75, 3.05) is 26.3 Å². The minimum Gasteiger partial charge on any atom is -0.380 e. The lowest BCUT2D eigenvalue weighted by molar-refractivity contribution is -0.137. The maximum absolute atomic E-state index is 12.0. The molecule has 1 heterocycles. The maximum Gasteiger partial charge on any atom is 0.253 e. The molecule has 1 N–H and O–H groups in total. The van der Waals surface area contributed by atoms with Crippen LogP contribution in [0.2, 0.25) is 0 Å². The van der Waals surface area contributed by atoms with Crippen LogP contribution in [0.4, 0.5) is 0 Å². The quantitative estimate of drug-likeness (QED) is 0.522. The highest BCUT2D eigenvalue weighted by Gasteiger charge is 2.27. The van der Waals surface area contributed by atoms with Crippen molar-refractivity contribution >= 4 is 23.5 Å². The SMILES string of the molecule is CCC(C)(COCC(C)(C)CNC(=O)CCN1C(=O)C=CC1=O)CC(C)=O. The van der Waals surface area contributed by atoms with Gasteiger partial charge >= 0.3 is 0 Å². The summed E-state index contributed by atoms with van der Waals surface area (Å²) in [5.41, 5.74) is -0.449. The van der Waals surface area contributed by atoms with Gasteiger partial charge in [0.05, 0.1) is 13.2 Å². The topological polar surface area (TPSA) is 92.8 Å². The molecule has 0 fully saturated rings. The molecule has 1 unspecified atom stereocenters. The van der Waals surface area contributed by atoms with Crippen molar-refractivity contribution < 1.29 is 23.9 Å². The fourth-order valence-electron chi connectivity index (χ4n) is 2.79. The van der Waals surface area contributed by atoms with Gasteiger partial charge in [-0.05, 0) is 18.8 Å². The minimum absolute atomic E-state index is 0.0720. The van der Waals surface area contributed by atoms with Gasteiger partial charge in [-0.1, -0.05) is 27.7 Å². The number of imide groups is 1. The van der Waals surface area contributed by atoms with Gasteiger partial charge in [-0.3, -0.25) is 19.3 Å². The molecule has 152 valence electrons. The van der Waals surface area contributed by atoms with Crippen LogP contribution in [0, 0.1) is 10.8 Å². The van der Waals surface area contributed by atoms with E-state index in [-0.39, 0.29) is 47.3 Å². The molecule has 1 aliphatic heterocycles. The molecule has 7 heteroatoms. The third-order valence-corrected chi connectivity index (χ3v) is 4.70. The van der Waals surface area contributed by atoms with E-state index in [1.54, 1.807) is 6.92 Å². The Morgan fingerprint density at radius 3 is 2.22 bits per heavy atom. The number of amides is 3. The highest BCUT2D eigenvalue weighted by molar-refractivity contribution is 6.13. The van der Waals surface area contributed by atoms with E-state index in [2.05, 4.69) is 5.32 Å². The molecule has 0 spiro atoms. The monoisotopic (exact) mass is 380 g/mol. The number of ether oxygens (including phenoxy) is 1. The fourth-order valence-corrected chi connectivity index (χ4v) is 2.79. The van der Waals surface area contributed by atoms with Crippen LogP contribution in [0.1, 0.15) is 53.9 Å². The zero-order valence-electron chi connectivity index (χ0n) is 17.1. The molecular formula is C20H32N2O5. The second-order valence-electron chi connectivity index (χ2n) is 8.39. The second kappa shape index (κ2) is 9.78. The molecule has 0 saturated carbocycles. The van der Waals surface area contributed by atoms with Gasteiger partial charge in [-0.15, -0.1) is 0 Å². The smallest absolute Gasteiger partial charge is 0.253 e. The Bertz CT molecular complexity index is 593. The van der Waals surface area contributed by atoms with Crippen LogP contribution in [0.15, 0.2) is 12.2 Å². The third-order valence-electron chi connectivity index (χ3n) is 4.70. The summed E-state index contributed by atoms with van der Waals surface area (Å²) >= 11 is 0. The number of carbonyl (C=O) groups is 4. The van der Waals surface area contributed by atoms with Crippen LogP contribution in [0.25, 0.3) is 0 Å². The van der Waals surface area contributed by atoms with E-state index in [1.165, 1.54) is 12.2 Å². The Morgan fingerprint density at radius 2 is 1.70 bits per heavy atom. The number of hydrogen-bond donors (Lipinski definition) is 1. The van der Waals surface area contributed by atoms with Crippen molar-refractivity contribution in [3.63, 3.8) is 0 Å². The Labute approximate surface area is 161 Å². The van der Waals surface area contributed by atoms with Crippen LogP contribution in [0.3, 0.4) is 0 Å². The predicted octanol–water partition coefficient (Wildman–Crippen LogP) is 1.86. The normalized spacial score (nSPS) is 16.6. The molecule has 0 aromatic carbocycles. The number of nitrogens with one attached hydrogen (secondary N) is 1. The van der Waals surface area contributed by atoms with Gasteiger partial charge in [0, 0.05) is 43.5 Å². The van der Waals surface area contributed by atoms with Crippen molar-refractivity contribution in [3.8, 4) is 0 Å². The van der Waals surface area contributed by atoms with Gasteiger partial charge < -0.3 is 14.8 Å². The number of carbonyl (C=O) groups excluding carboxylic acids is 4. The largest absolute Gasteiger partial charge is 0.380 e. The summed E-state index contributed by atoms with van der Waals surface area (Å²) in [5, 5.41) is 2.83. The van der Waals surface area contributed by atoms with Gasteiger partial charge in [-0.25, -0.2) is 0 Å². The van der Waals surface area contributed by atoms with Crippen LogP contribution in [0.5, 0.6) is 0 Å². The zero-order valence-corrected chi connectivity index (χ0v) is 17.1. The number of nitrogens with zero attached hydrogens (tertiary/aromatic N) is 1. The second-order valence-corrected chi connectivity index (χ2v) is 8.39. The molecule has 0 aliphatic carbocycles. The first kappa shape index (κ1) is 23.0. The summed E-state index contributed by atoms with van der Waals surface area (Å²) in [6, 6.07) is 0. The van der Waals surface area contributed by atoms with Gasteiger partial charge in [-0.2, -0.15) is 0 Å². The molecule has 0 saturated heterocycles. The van der Waals surface area contributed by atoms with Gasteiger partial charge in [0.15, 0.2) is 0 Å². The van der Waals surface area contributed by atoms with E-state index < -0.39 is 0 Å². The summed E-state index contributed by atoms with van der Waals surface area (Å²) in [6.07, 6.45) is 3.83. The number of ketones is 1. The Kier molecular flexibility index (Phi) is 8.34. The van der Waals surface area contributed by atoms with E-state index >= 15 is 0 Å².